The molecule has 0 N–H and O–H groups in total. The van der Waals surface area contributed by atoms with E-state index >= 15 is 0 Å². The molecular weight excluding hydrogens is 284 g/mol. The molecule has 2 aromatic rings. The summed E-state index contributed by atoms with van der Waals surface area (Å²) in [5.74, 6) is 0.776. The second-order valence-corrected chi connectivity index (χ2v) is 5.67. The predicted molar refractivity (Wildman–Crippen MR) is 79.2 cm³/mol. The van der Waals surface area contributed by atoms with Gasteiger partial charge >= 0.3 is 5.76 Å². The molecule has 0 aromatic carbocycles. The Bertz CT molecular complexity index is 652. The Morgan fingerprint density at radius 3 is 2.86 bits per heavy atom. The quantitative estimate of drug-likeness (QED) is 0.839. The van der Waals surface area contributed by atoms with Gasteiger partial charge in [-0.25, -0.2) is 14.8 Å². The zero-order chi connectivity index (χ0) is 15.4. The molecule has 22 heavy (non-hydrogen) atoms. The van der Waals surface area contributed by atoms with Gasteiger partial charge in [0.15, 0.2) is 5.82 Å². The minimum atomic E-state index is -0.511. The van der Waals surface area contributed by atoms with Crippen LogP contribution in [0.1, 0.15) is 32.6 Å². The Kier molecular flexibility index (Phi) is 4.62. The molecule has 0 aliphatic heterocycles. The Hall–Kier alpha value is -2.02. The fraction of sp³-hybridized carbons (Fsp3) is 0.600. The zero-order valence-corrected chi connectivity index (χ0v) is 12.6. The minimum Gasteiger partial charge on any atom is -0.376 e. The molecule has 2 heterocycles. The third-order valence-electron chi connectivity index (χ3n) is 4.13. The van der Waals surface area contributed by atoms with E-state index in [-0.39, 0.29) is 6.10 Å². The van der Waals surface area contributed by atoms with Gasteiger partial charge in [0, 0.05) is 12.4 Å². The van der Waals surface area contributed by atoms with E-state index in [0.29, 0.717) is 30.7 Å². The van der Waals surface area contributed by atoms with Crippen molar-refractivity contribution in [1.82, 2.24) is 19.7 Å². The maximum absolute atomic E-state index is 11.8. The van der Waals surface area contributed by atoms with Crippen LogP contribution in [0.5, 0.6) is 0 Å². The lowest BCUT2D eigenvalue weighted by molar-refractivity contribution is -0.00873. The maximum atomic E-state index is 11.8. The summed E-state index contributed by atoms with van der Waals surface area (Å²) in [7, 11) is 0. The first-order valence-corrected chi connectivity index (χ1v) is 7.71. The number of aromatic nitrogens is 4. The topological polar surface area (TPSA) is 83.0 Å². The van der Waals surface area contributed by atoms with Gasteiger partial charge in [-0.3, -0.25) is 9.09 Å². The van der Waals surface area contributed by atoms with E-state index in [1.807, 2.05) is 0 Å². The van der Waals surface area contributed by atoms with Crippen LogP contribution in [0.25, 0.3) is 11.6 Å². The highest BCUT2D eigenvalue weighted by atomic mass is 16.5. The van der Waals surface area contributed by atoms with Gasteiger partial charge in [0.2, 0.25) is 5.82 Å². The molecule has 1 aliphatic rings. The van der Waals surface area contributed by atoms with Crippen LogP contribution >= 0.6 is 0 Å². The van der Waals surface area contributed by atoms with E-state index in [4.69, 9.17) is 9.26 Å². The fourth-order valence-electron chi connectivity index (χ4n) is 2.87. The molecule has 1 fully saturated rings. The molecule has 0 radical (unpaired) electrons. The van der Waals surface area contributed by atoms with Crippen LogP contribution in [-0.4, -0.2) is 32.4 Å². The summed E-state index contributed by atoms with van der Waals surface area (Å²) in [6.07, 6.45) is 8.28. The summed E-state index contributed by atoms with van der Waals surface area (Å²) >= 11 is 0. The molecule has 7 nitrogen and oxygen atoms in total. The molecule has 0 saturated heterocycles. The number of nitrogens with zero attached hydrogens (tertiary/aromatic N) is 4. The molecule has 7 heteroatoms. The molecule has 0 bridgehead atoms. The Labute approximate surface area is 128 Å². The molecule has 0 amide bonds. The Morgan fingerprint density at radius 1 is 1.32 bits per heavy atom. The molecule has 3 rings (SSSR count). The summed E-state index contributed by atoms with van der Waals surface area (Å²) in [6, 6.07) is 1.71. The molecule has 0 spiro atoms. The van der Waals surface area contributed by atoms with Gasteiger partial charge in [0.25, 0.3) is 0 Å². The van der Waals surface area contributed by atoms with Gasteiger partial charge in [-0.1, -0.05) is 24.9 Å². The monoisotopic (exact) mass is 304 g/mol. The van der Waals surface area contributed by atoms with Crippen molar-refractivity contribution in [2.45, 2.75) is 45.3 Å². The van der Waals surface area contributed by atoms with Crippen molar-refractivity contribution in [2.75, 3.05) is 6.61 Å². The summed E-state index contributed by atoms with van der Waals surface area (Å²) in [4.78, 5) is 20.0. The van der Waals surface area contributed by atoms with Crippen LogP contribution in [0.2, 0.25) is 0 Å². The van der Waals surface area contributed by atoms with E-state index in [1.165, 1.54) is 23.8 Å². The van der Waals surface area contributed by atoms with Crippen LogP contribution in [0.3, 0.4) is 0 Å². The first-order valence-electron chi connectivity index (χ1n) is 7.71. The predicted octanol–water partition coefficient (Wildman–Crippen LogP) is 1.89. The highest BCUT2D eigenvalue weighted by molar-refractivity contribution is 5.41. The minimum absolute atomic E-state index is 0.278. The lowest BCUT2D eigenvalue weighted by Crippen LogP contribution is -2.28. The van der Waals surface area contributed by atoms with Crippen LogP contribution in [0, 0.1) is 5.92 Å². The number of hydrogen-bond donors (Lipinski definition) is 0. The van der Waals surface area contributed by atoms with Crippen molar-refractivity contribution in [2.24, 2.45) is 5.92 Å². The van der Waals surface area contributed by atoms with Crippen molar-refractivity contribution in [1.29, 1.82) is 0 Å². The molecule has 2 atom stereocenters. The molecule has 1 saturated carbocycles. The van der Waals surface area contributed by atoms with E-state index in [1.54, 1.807) is 18.5 Å². The van der Waals surface area contributed by atoms with Gasteiger partial charge in [-0.2, -0.15) is 0 Å². The maximum Gasteiger partial charge on any atom is 0.442 e. The Morgan fingerprint density at radius 2 is 2.09 bits per heavy atom. The average molecular weight is 304 g/mol. The number of rotatable bonds is 5. The van der Waals surface area contributed by atoms with Crippen molar-refractivity contribution in [3.63, 3.8) is 0 Å². The van der Waals surface area contributed by atoms with Crippen molar-refractivity contribution >= 4 is 0 Å². The molecule has 118 valence electrons. The summed E-state index contributed by atoms with van der Waals surface area (Å²) < 4.78 is 12.1. The van der Waals surface area contributed by atoms with Gasteiger partial charge < -0.3 is 4.74 Å². The molecular formula is C15H20N4O3. The van der Waals surface area contributed by atoms with Crippen LogP contribution in [0.4, 0.5) is 0 Å². The van der Waals surface area contributed by atoms with Gasteiger partial charge in [-0.15, -0.1) is 0 Å². The van der Waals surface area contributed by atoms with Crippen LogP contribution < -0.4 is 5.76 Å². The van der Waals surface area contributed by atoms with Gasteiger partial charge in [-0.05, 0) is 24.8 Å². The van der Waals surface area contributed by atoms with E-state index in [9.17, 15) is 4.79 Å². The van der Waals surface area contributed by atoms with E-state index in [2.05, 4.69) is 22.0 Å². The van der Waals surface area contributed by atoms with Crippen molar-refractivity contribution < 1.29 is 9.26 Å². The summed E-state index contributed by atoms with van der Waals surface area (Å²) in [5, 5.41) is 3.76. The van der Waals surface area contributed by atoms with Gasteiger partial charge in [0.1, 0.15) is 0 Å². The van der Waals surface area contributed by atoms with E-state index < -0.39 is 5.76 Å². The molecule has 0 unspecified atom stereocenters. The smallest absolute Gasteiger partial charge is 0.376 e. The first-order chi connectivity index (χ1) is 10.8. The normalized spacial score (nSPS) is 21.9. The number of ether oxygens (including phenoxy) is 1. The van der Waals surface area contributed by atoms with Crippen LogP contribution in [-0.2, 0) is 11.3 Å². The van der Waals surface area contributed by atoms with Crippen molar-refractivity contribution in [3.8, 4) is 11.6 Å². The fourth-order valence-corrected chi connectivity index (χ4v) is 2.87. The second kappa shape index (κ2) is 6.83. The summed E-state index contributed by atoms with van der Waals surface area (Å²) in [6.45, 7) is 3.06. The van der Waals surface area contributed by atoms with Crippen molar-refractivity contribution in [3.05, 3.63) is 29.0 Å². The molecule has 2 aromatic heterocycles. The third-order valence-corrected chi connectivity index (χ3v) is 4.13. The lowest BCUT2D eigenvalue weighted by Gasteiger charge is -2.28. The highest BCUT2D eigenvalue weighted by Gasteiger charge is 2.22. The standard InChI is InChI=1S/C15H20N4O3/c1-11-5-2-3-6-12(11)21-10-9-19-14(18-22-15(19)20)13-16-7-4-8-17-13/h4,7-8,11-12H,2-3,5-6,9-10H2,1H3/t11-,12-/m0/s1. The Balaban J connectivity index is 1.66. The average Bonchev–Trinajstić information content (AvgIpc) is 2.91. The largest absolute Gasteiger partial charge is 0.442 e. The molecule has 1 aliphatic carbocycles. The van der Waals surface area contributed by atoms with Crippen LogP contribution in [0.15, 0.2) is 27.8 Å². The zero-order valence-electron chi connectivity index (χ0n) is 12.6. The van der Waals surface area contributed by atoms with E-state index in [0.717, 1.165) is 6.42 Å². The summed E-state index contributed by atoms with van der Waals surface area (Å²) in [5.41, 5.74) is 0. The number of hydrogen-bond acceptors (Lipinski definition) is 6. The first kappa shape index (κ1) is 14.9. The highest BCUT2D eigenvalue weighted by Crippen LogP contribution is 2.26. The third kappa shape index (κ3) is 3.24. The van der Waals surface area contributed by atoms with Gasteiger partial charge in [0.05, 0.1) is 19.3 Å². The second-order valence-electron chi connectivity index (χ2n) is 5.67. The SMILES string of the molecule is C[C@H]1CCCC[C@@H]1OCCn1c(-c2ncccn2)noc1=O. The lowest BCUT2D eigenvalue weighted by atomic mass is 9.88.